The number of carbonyl (C=O) groups excluding carboxylic acids is 2. The summed E-state index contributed by atoms with van der Waals surface area (Å²) in [6.07, 6.45) is 4.31. The summed E-state index contributed by atoms with van der Waals surface area (Å²) in [5.74, 6) is 0.329. The SMILES string of the molecule is Cc1occc1-c1nnc(SCC(=O)Nc2sc3c(c2C(N)=O)CCC3)o1. The van der Waals surface area contributed by atoms with Gasteiger partial charge >= 0.3 is 0 Å². The Morgan fingerprint density at radius 1 is 1.37 bits per heavy atom. The van der Waals surface area contributed by atoms with Crippen molar-refractivity contribution in [3.05, 3.63) is 34.1 Å². The molecule has 0 atom stereocenters. The Balaban J connectivity index is 1.41. The van der Waals surface area contributed by atoms with Gasteiger partial charge in [-0.3, -0.25) is 9.59 Å². The number of aromatic nitrogens is 2. The van der Waals surface area contributed by atoms with E-state index in [4.69, 9.17) is 14.6 Å². The maximum absolute atomic E-state index is 12.3. The summed E-state index contributed by atoms with van der Waals surface area (Å²) >= 11 is 2.55. The number of thiophene rings is 1. The van der Waals surface area contributed by atoms with Gasteiger partial charge in [0.25, 0.3) is 17.0 Å². The Morgan fingerprint density at radius 2 is 2.22 bits per heavy atom. The van der Waals surface area contributed by atoms with Gasteiger partial charge in [0.15, 0.2) is 0 Å². The lowest BCUT2D eigenvalue weighted by molar-refractivity contribution is -0.113. The van der Waals surface area contributed by atoms with Gasteiger partial charge in [0, 0.05) is 4.88 Å². The smallest absolute Gasteiger partial charge is 0.277 e. The zero-order valence-corrected chi connectivity index (χ0v) is 16.0. The summed E-state index contributed by atoms with van der Waals surface area (Å²) in [4.78, 5) is 25.2. The van der Waals surface area contributed by atoms with Gasteiger partial charge < -0.3 is 19.9 Å². The number of nitrogens with two attached hydrogens (primary N) is 1. The van der Waals surface area contributed by atoms with Crippen LogP contribution in [0, 0.1) is 6.92 Å². The van der Waals surface area contributed by atoms with Crippen molar-refractivity contribution in [1.82, 2.24) is 10.2 Å². The highest BCUT2D eigenvalue weighted by Gasteiger charge is 2.26. The summed E-state index contributed by atoms with van der Waals surface area (Å²) in [6, 6.07) is 1.74. The van der Waals surface area contributed by atoms with Gasteiger partial charge in [0.05, 0.1) is 23.1 Å². The number of fused-ring (bicyclic) bond motifs is 1. The predicted octanol–water partition coefficient (Wildman–Crippen LogP) is 3.02. The number of aryl methyl sites for hydroxylation is 2. The normalized spacial score (nSPS) is 12.9. The summed E-state index contributed by atoms with van der Waals surface area (Å²) in [7, 11) is 0. The molecule has 0 unspecified atom stereocenters. The molecule has 0 fully saturated rings. The van der Waals surface area contributed by atoms with E-state index in [1.807, 2.05) is 0 Å². The summed E-state index contributed by atoms with van der Waals surface area (Å²) in [5, 5.41) is 11.5. The average Bonchev–Trinajstić information content (AvgIpc) is 3.36. The van der Waals surface area contributed by atoms with E-state index in [1.54, 1.807) is 19.3 Å². The molecule has 0 aromatic carbocycles. The van der Waals surface area contributed by atoms with Crippen LogP contribution in [0.5, 0.6) is 0 Å². The molecule has 0 bridgehead atoms. The van der Waals surface area contributed by atoms with E-state index in [1.165, 1.54) is 11.3 Å². The molecular formula is C17H16N4O4S2. The Labute approximate surface area is 162 Å². The van der Waals surface area contributed by atoms with Crippen LogP contribution >= 0.6 is 23.1 Å². The number of rotatable bonds is 6. The fourth-order valence-electron chi connectivity index (χ4n) is 3.03. The number of anilines is 1. The maximum atomic E-state index is 12.3. The summed E-state index contributed by atoms with van der Waals surface area (Å²) < 4.78 is 10.8. The molecule has 2 amide bonds. The molecule has 3 aromatic rings. The first-order chi connectivity index (χ1) is 13.0. The molecule has 4 rings (SSSR count). The fourth-order valence-corrected chi connectivity index (χ4v) is 4.90. The van der Waals surface area contributed by atoms with E-state index in [0.717, 1.165) is 47.0 Å². The van der Waals surface area contributed by atoms with E-state index < -0.39 is 5.91 Å². The second-order valence-corrected chi connectivity index (χ2v) is 8.06. The molecule has 3 aromatic heterocycles. The molecule has 1 aliphatic rings. The maximum Gasteiger partial charge on any atom is 0.277 e. The van der Waals surface area contributed by atoms with Crippen LogP contribution in [0.1, 0.15) is 33.0 Å². The molecule has 10 heteroatoms. The zero-order valence-electron chi connectivity index (χ0n) is 14.4. The van der Waals surface area contributed by atoms with E-state index in [-0.39, 0.29) is 16.9 Å². The topological polar surface area (TPSA) is 124 Å². The molecule has 1 aliphatic carbocycles. The number of hydrogen-bond donors (Lipinski definition) is 2. The van der Waals surface area contributed by atoms with Gasteiger partial charge in [0.1, 0.15) is 10.8 Å². The Morgan fingerprint density at radius 3 is 2.96 bits per heavy atom. The molecule has 3 N–H and O–H groups in total. The molecule has 140 valence electrons. The van der Waals surface area contributed by atoms with Crippen molar-refractivity contribution in [2.75, 3.05) is 11.1 Å². The summed E-state index contributed by atoms with van der Waals surface area (Å²) in [5.41, 5.74) is 7.65. The van der Waals surface area contributed by atoms with Gasteiger partial charge in [-0.2, -0.15) is 0 Å². The highest BCUT2D eigenvalue weighted by Crippen LogP contribution is 2.39. The van der Waals surface area contributed by atoms with E-state index in [9.17, 15) is 9.59 Å². The van der Waals surface area contributed by atoms with Gasteiger partial charge in [-0.1, -0.05) is 11.8 Å². The third-order valence-electron chi connectivity index (χ3n) is 4.24. The minimum atomic E-state index is -0.505. The van der Waals surface area contributed by atoms with Crippen LogP contribution in [0.2, 0.25) is 0 Å². The highest BCUT2D eigenvalue weighted by atomic mass is 32.2. The van der Waals surface area contributed by atoms with Crippen LogP contribution < -0.4 is 11.1 Å². The zero-order chi connectivity index (χ0) is 19.0. The lowest BCUT2D eigenvalue weighted by Gasteiger charge is -2.04. The number of thioether (sulfide) groups is 1. The first-order valence-electron chi connectivity index (χ1n) is 8.28. The van der Waals surface area contributed by atoms with E-state index >= 15 is 0 Å². The van der Waals surface area contributed by atoms with Crippen molar-refractivity contribution >= 4 is 39.9 Å². The molecule has 8 nitrogen and oxygen atoms in total. The van der Waals surface area contributed by atoms with Crippen molar-refractivity contribution in [1.29, 1.82) is 0 Å². The first kappa shape index (κ1) is 17.8. The van der Waals surface area contributed by atoms with Gasteiger partial charge in [0.2, 0.25) is 5.91 Å². The first-order valence-corrected chi connectivity index (χ1v) is 10.1. The number of amides is 2. The number of carbonyl (C=O) groups is 2. The largest absolute Gasteiger partial charge is 0.469 e. The molecule has 0 saturated carbocycles. The van der Waals surface area contributed by atoms with Gasteiger partial charge in [-0.05, 0) is 37.8 Å². The van der Waals surface area contributed by atoms with Gasteiger partial charge in [-0.15, -0.1) is 21.5 Å². The molecule has 27 heavy (non-hydrogen) atoms. The standard InChI is InChI=1S/C17H16N4O4S2/c1-8-9(5-6-24-8)15-20-21-17(25-15)26-7-12(22)19-16-13(14(18)23)10-3-2-4-11(10)27-16/h5-6H,2-4,7H2,1H3,(H2,18,23)(H,19,22). The van der Waals surface area contributed by atoms with Crippen molar-refractivity contribution in [2.45, 2.75) is 31.4 Å². The average molecular weight is 404 g/mol. The van der Waals surface area contributed by atoms with Crippen LogP contribution in [0.3, 0.4) is 0 Å². The number of nitrogens with zero attached hydrogens (tertiary/aromatic N) is 2. The molecule has 0 spiro atoms. The minimum Gasteiger partial charge on any atom is -0.469 e. The third-order valence-corrected chi connectivity index (χ3v) is 6.27. The second kappa shape index (κ2) is 7.20. The van der Waals surface area contributed by atoms with Crippen molar-refractivity contribution in [3.8, 4) is 11.5 Å². The van der Waals surface area contributed by atoms with Crippen LogP contribution in [0.4, 0.5) is 5.00 Å². The van der Waals surface area contributed by atoms with Crippen molar-refractivity contribution in [3.63, 3.8) is 0 Å². The molecular weight excluding hydrogens is 388 g/mol. The van der Waals surface area contributed by atoms with E-state index in [0.29, 0.717) is 22.2 Å². The Hall–Kier alpha value is -2.59. The quantitative estimate of drug-likeness (QED) is 0.605. The van der Waals surface area contributed by atoms with E-state index in [2.05, 4.69) is 15.5 Å². The lowest BCUT2D eigenvalue weighted by atomic mass is 10.1. The minimum absolute atomic E-state index is 0.0762. The van der Waals surface area contributed by atoms with Crippen LogP contribution in [0.25, 0.3) is 11.5 Å². The Kier molecular flexibility index (Phi) is 4.75. The van der Waals surface area contributed by atoms with Crippen molar-refractivity contribution in [2.24, 2.45) is 5.73 Å². The molecule has 0 radical (unpaired) electrons. The summed E-state index contributed by atoms with van der Waals surface area (Å²) in [6.45, 7) is 1.80. The highest BCUT2D eigenvalue weighted by molar-refractivity contribution is 7.99. The third kappa shape index (κ3) is 3.50. The van der Waals surface area contributed by atoms with Crippen LogP contribution in [-0.4, -0.2) is 27.8 Å². The monoisotopic (exact) mass is 404 g/mol. The number of nitrogens with one attached hydrogen (secondary N) is 1. The second-order valence-electron chi connectivity index (χ2n) is 6.03. The van der Waals surface area contributed by atoms with Crippen molar-refractivity contribution < 1.29 is 18.4 Å². The fraction of sp³-hybridized carbons (Fsp3) is 0.294. The molecule has 0 saturated heterocycles. The molecule has 0 aliphatic heterocycles. The Bertz CT molecular complexity index is 1020. The number of primary amides is 1. The number of furan rings is 1. The van der Waals surface area contributed by atoms with Crippen LogP contribution in [0.15, 0.2) is 26.4 Å². The van der Waals surface area contributed by atoms with Gasteiger partial charge in [-0.25, -0.2) is 0 Å². The predicted molar refractivity (Wildman–Crippen MR) is 101 cm³/mol. The number of hydrogen-bond acceptors (Lipinski definition) is 8. The van der Waals surface area contributed by atoms with Crippen LogP contribution in [-0.2, 0) is 17.6 Å². The molecule has 3 heterocycles. The lowest BCUT2D eigenvalue weighted by Crippen LogP contribution is -2.18.